The SMILES string of the molecule is COc1cc2ccccc2c(CNCCCC2CNC(=O)O2)c1OC. The van der Waals surface area contributed by atoms with Crippen molar-refractivity contribution in [2.45, 2.75) is 25.5 Å². The topological polar surface area (TPSA) is 68.8 Å². The highest BCUT2D eigenvalue weighted by Gasteiger charge is 2.21. The first kappa shape index (κ1) is 17.4. The predicted octanol–water partition coefficient (Wildman–Crippen LogP) is 2.84. The first-order valence-corrected chi connectivity index (χ1v) is 8.50. The molecule has 3 rings (SSSR count). The van der Waals surface area contributed by atoms with Gasteiger partial charge in [0.15, 0.2) is 11.5 Å². The standard InChI is InChI=1S/C19H24N2O4/c1-23-17-10-13-6-3-4-8-15(13)16(18(17)24-2)12-20-9-5-7-14-11-21-19(22)25-14/h3-4,6,8,10,14,20H,5,7,9,11-12H2,1-2H3,(H,21,22). The van der Waals surface area contributed by atoms with Gasteiger partial charge in [-0.1, -0.05) is 24.3 Å². The fourth-order valence-corrected chi connectivity index (χ4v) is 3.19. The normalized spacial score (nSPS) is 16.6. The summed E-state index contributed by atoms with van der Waals surface area (Å²) in [6, 6.07) is 10.2. The van der Waals surface area contributed by atoms with Crippen LogP contribution in [-0.2, 0) is 11.3 Å². The Morgan fingerprint density at radius 1 is 1.28 bits per heavy atom. The number of cyclic esters (lactones) is 1. The van der Waals surface area contributed by atoms with Gasteiger partial charge in [-0.05, 0) is 36.2 Å². The van der Waals surface area contributed by atoms with E-state index in [1.54, 1.807) is 14.2 Å². The molecule has 2 aromatic rings. The van der Waals surface area contributed by atoms with Crippen LogP contribution in [0.4, 0.5) is 4.79 Å². The number of hydrogen-bond acceptors (Lipinski definition) is 5. The number of alkyl carbamates (subject to hydrolysis) is 1. The van der Waals surface area contributed by atoms with Crippen LogP contribution in [0.25, 0.3) is 10.8 Å². The first-order valence-electron chi connectivity index (χ1n) is 8.50. The van der Waals surface area contributed by atoms with Gasteiger partial charge in [0, 0.05) is 12.1 Å². The summed E-state index contributed by atoms with van der Waals surface area (Å²) in [5.74, 6) is 1.50. The van der Waals surface area contributed by atoms with Crippen LogP contribution >= 0.6 is 0 Å². The molecular weight excluding hydrogens is 320 g/mol. The Bertz CT molecular complexity index is 748. The molecule has 1 atom stereocenters. The van der Waals surface area contributed by atoms with Crippen LogP contribution in [0.5, 0.6) is 11.5 Å². The maximum Gasteiger partial charge on any atom is 0.407 e. The molecule has 1 fully saturated rings. The van der Waals surface area contributed by atoms with E-state index in [1.807, 2.05) is 18.2 Å². The van der Waals surface area contributed by atoms with Gasteiger partial charge < -0.3 is 24.8 Å². The highest BCUT2D eigenvalue weighted by Crippen LogP contribution is 2.37. The van der Waals surface area contributed by atoms with Gasteiger partial charge in [0.1, 0.15) is 6.10 Å². The van der Waals surface area contributed by atoms with Crippen molar-refractivity contribution >= 4 is 16.9 Å². The molecule has 25 heavy (non-hydrogen) atoms. The number of nitrogens with one attached hydrogen (secondary N) is 2. The summed E-state index contributed by atoms with van der Waals surface area (Å²) in [6.45, 7) is 2.12. The number of carbonyl (C=O) groups is 1. The third-order valence-electron chi connectivity index (χ3n) is 4.42. The summed E-state index contributed by atoms with van der Waals surface area (Å²) in [7, 11) is 3.32. The lowest BCUT2D eigenvalue weighted by Crippen LogP contribution is -2.19. The fourth-order valence-electron chi connectivity index (χ4n) is 3.19. The van der Waals surface area contributed by atoms with Crippen molar-refractivity contribution in [2.75, 3.05) is 27.3 Å². The minimum atomic E-state index is -0.314. The lowest BCUT2D eigenvalue weighted by atomic mass is 10.0. The molecule has 6 heteroatoms. The van der Waals surface area contributed by atoms with E-state index in [9.17, 15) is 4.79 Å². The molecule has 1 aliphatic rings. The quantitative estimate of drug-likeness (QED) is 0.721. The zero-order valence-corrected chi connectivity index (χ0v) is 14.6. The summed E-state index contributed by atoms with van der Waals surface area (Å²) in [6.07, 6.45) is 1.46. The molecule has 2 aromatic carbocycles. The first-order chi connectivity index (χ1) is 12.2. The fraction of sp³-hybridized carbons (Fsp3) is 0.421. The average molecular weight is 344 g/mol. The Kier molecular flexibility index (Phi) is 5.60. The third kappa shape index (κ3) is 3.96. The molecule has 2 N–H and O–H groups in total. The van der Waals surface area contributed by atoms with Crippen LogP contribution in [0.2, 0.25) is 0 Å². The second-order valence-electron chi connectivity index (χ2n) is 6.04. The van der Waals surface area contributed by atoms with Crippen LogP contribution < -0.4 is 20.1 Å². The maximum absolute atomic E-state index is 11.0. The number of methoxy groups -OCH3 is 2. The van der Waals surface area contributed by atoms with Crippen molar-refractivity contribution in [3.8, 4) is 11.5 Å². The summed E-state index contributed by atoms with van der Waals surface area (Å²) in [4.78, 5) is 11.0. The zero-order valence-electron chi connectivity index (χ0n) is 14.6. The highest BCUT2D eigenvalue weighted by atomic mass is 16.6. The van der Waals surface area contributed by atoms with Crippen LogP contribution in [0.1, 0.15) is 18.4 Å². The summed E-state index contributed by atoms with van der Waals surface area (Å²) in [5, 5.41) is 8.41. The van der Waals surface area contributed by atoms with Gasteiger partial charge in [0.05, 0.1) is 20.8 Å². The van der Waals surface area contributed by atoms with E-state index >= 15 is 0 Å². The number of carbonyl (C=O) groups excluding carboxylic acids is 1. The Morgan fingerprint density at radius 3 is 2.84 bits per heavy atom. The van der Waals surface area contributed by atoms with Crippen molar-refractivity contribution in [1.29, 1.82) is 0 Å². The minimum Gasteiger partial charge on any atom is -0.493 e. The van der Waals surface area contributed by atoms with Gasteiger partial charge >= 0.3 is 6.09 Å². The monoisotopic (exact) mass is 344 g/mol. The van der Waals surface area contributed by atoms with Crippen LogP contribution in [0.3, 0.4) is 0 Å². The molecule has 0 radical (unpaired) electrons. The molecule has 6 nitrogen and oxygen atoms in total. The largest absolute Gasteiger partial charge is 0.493 e. The number of benzene rings is 2. The van der Waals surface area contributed by atoms with Crippen LogP contribution in [0.15, 0.2) is 30.3 Å². The molecular formula is C19H24N2O4. The Hall–Kier alpha value is -2.47. The van der Waals surface area contributed by atoms with Gasteiger partial charge in [-0.3, -0.25) is 0 Å². The Balaban J connectivity index is 1.64. The number of hydrogen-bond donors (Lipinski definition) is 2. The molecule has 1 aliphatic heterocycles. The van der Waals surface area contributed by atoms with Crippen molar-refractivity contribution in [3.63, 3.8) is 0 Å². The molecule has 134 valence electrons. The smallest absolute Gasteiger partial charge is 0.407 e. The number of rotatable bonds is 8. The van der Waals surface area contributed by atoms with E-state index in [2.05, 4.69) is 22.8 Å². The Labute approximate surface area is 147 Å². The molecule has 0 aliphatic carbocycles. The van der Waals surface area contributed by atoms with E-state index in [1.165, 1.54) is 0 Å². The predicted molar refractivity (Wildman–Crippen MR) is 96.3 cm³/mol. The van der Waals surface area contributed by atoms with Gasteiger partial charge in [-0.15, -0.1) is 0 Å². The lowest BCUT2D eigenvalue weighted by molar-refractivity contribution is 0.134. The van der Waals surface area contributed by atoms with Crippen LogP contribution in [0, 0.1) is 0 Å². The molecule has 1 unspecified atom stereocenters. The Morgan fingerprint density at radius 2 is 2.12 bits per heavy atom. The van der Waals surface area contributed by atoms with Gasteiger partial charge in [0.25, 0.3) is 0 Å². The van der Waals surface area contributed by atoms with Crippen LogP contribution in [-0.4, -0.2) is 39.5 Å². The van der Waals surface area contributed by atoms with Gasteiger partial charge in [-0.25, -0.2) is 4.79 Å². The van der Waals surface area contributed by atoms with Crippen molar-refractivity contribution in [2.24, 2.45) is 0 Å². The minimum absolute atomic E-state index is 0.0125. The van der Waals surface area contributed by atoms with Crippen molar-refractivity contribution in [3.05, 3.63) is 35.9 Å². The zero-order chi connectivity index (χ0) is 17.6. The molecule has 0 bridgehead atoms. The molecule has 0 aromatic heterocycles. The van der Waals surface area contributed by atoms with Gasteiger partial charge in [-0.2, -0.15) is 0 Å². The lowest BCUT2D eigenvalue weighted by Gasteiger charge is -2.16. The summed E-state index contributed by atoms with van der Waals surface area (Å²) in [5.41, 5.74) is 1.09. The second kappa shape index (κ2) is 8.07. The van der Waals surface area contributed by atoms with Crippen molar-refractivity contribution in [1.82, 2.24) is 10.6 Å². The van der Waals surface area contributed by atoms with Crippen molar-refractivity contribution < 1.29 is 19.0 Å². The van der Waals surface area contributed by atoms with E-state index in [4.69, 9.17) is 14.2 Å². The summed E-state index contributed by atoms with van der Waals surface area (Å²) >= 11 is 0. The van der Waals surface area contributed by atoms with Gasteiger partial charge in [0.2, 0.25) is 0 Å². The van der Waals surface area contributed by atoms with E-state index in [0.717, 1.165) is 47.2 Å². The molecule has 1 saturated heterocycles. The third-order valence-corrected chi connectivity index (χ3v) is 4.42. The number of ether oxygens (including phenoxy) is 3. The summed E-state index contributed by atoms with van der Waals surface area (Å²) < 4.78 is 16.2. The second-order valence-corrected chi connectivity index (χ2v) is 6.04. The average Bonchev–Trinajstić information content (AvgIpc) is 3.05. The molecule has 0 spiro atoms. The highest BCUT2D eigenvalue weighted by molar-refractivity contribution is 5.90. The molecule has 1 heterocycles. The van der Waals surface area contributed by atoms with E-state index < -0.39 is 0 Å². The maximum atomic E-state index is 11.0. The molecule has 1 amide bonds. The van der Waals surface area contributed by atoms with E-state index in [-0.39, 0.29) is 12.2 Å². The molecule has 0 saturated carbocycles. The number of amides is 1. The van der Waals surface area contributed by atoms with E-state index in [0.29, 0.717) is 13.1 Å². The number of fused-ring (bicyclic) bond motifs is 1.